The van der Waals surface area contributed by atoms with E-state index >= 15 is 0 Å². The lowest BCUT2D eigenvalue weighted by molar-refractivity contribution is -0.138. The zero-order valence-electron chi connectivity index (χ0n) is 4.93. The van der Waals surface area contributed by atoms with Crippen LogP contribution in [0.2, 0.25) is 0 Å². The Morgan fingerprint density at radius 3 is 2.33 bits per heavy atom. The molecular weight excluding hydrogens is 165 g/mol. The molecule has 3 nitrogen and oxygen atoms in total. The molecule has 1 atom stereocenters. The topological polar surface area (TPSA) is 49.3 Å². The summed E-state index contributed by atoms with van der Waals surface area (Å²) < 4.78 is 0. The molecule has 5 heteroatoms. The van der Waals surface area contributed by atoms with E-state index in [1.807, 2.05) is 0 Å². The lowest BCUT2D eigenvalue weighted by Crippen LogP contribution is -2.35. The van der Waals surface area contributed by atoms with Gasteiger partial charge in [0.1, 0.15) is 6.04 Å². The number of carboxylic acids is 1. The van der Waals surface area contributed by atoms with Crippen LogP contribution in [0.5, 0.6) is 0 Å². The highest BCUT2D eigenvalue weighted by Gasteiger charge is 2.11. The molecule has 9 heavy (non-hydrogen) atoms. The molecule has 2 N–H and O–H groups in total. The third kappa shape index (κ3) is 4.51. The fourth-order valence-electron chi connectivity index (χ4n) is 0.267. The van der Waals surface area contributed by atoms with Gasteiger partial charge in [-0.1, -0.05) is 0 Å². The van der Waals surface area contributed by atoms with Crippen LogP contribution in [0.25, 0.3) is 0 Å². The summed E-state index contributed by atoms with van der Waals surface area (Å²) in [5, 5.41) is 10.7. The van der Waals surface area contributed by atoms with Crippen molar-refractivity contribution in [2.75, 3.05) is 12.9 Å². The van der Waals surface area contributed by atoms with Crippen molar-refractivity contribution < 1.29 is 9.90 Å². The van der Waals surface area contributed by atoms with Crippen LogP contribution in [0.1, 0.15) is 0 Å². The molecule has 0 aromatic heterocycles. The van der Waals surface area contributed by atoms with Crippen molar-refractivity contribution in [3.8, 4) is 0 Å². The molecule has 0 fully saturated rings. The number of aliphatic carboxylic acids is 1. The van der Waals surface area contributed by atoms with Crippen molar-refractivity contribution in [2.24, 2.45) is 0 Å². The lowest BCUT2D eigenvalue weighted by Gasteiger charge is -2.03. The summed E-state index contributed by atoms with van der Waals surface area (Å²) in [5.41, 5.74) is 0. The summed E-state index contributed by atoms with van der Waals surface area (Å²) in [6.07, 6.45) is 0. The predicted molar refractivity (Wildman–Crippen MR) is 38.5 cm³/mol. The van der Waals surface area contributed by atoms with Crippen LogP contribution in [0.3, 0.4) is 0 Å². The highest BCUT2D eigenvalue weighted by Crippen LogP contribution is 1.85. The van der Waals surface area contributed by atoms with E-state index < -0.39 is 12.0 Å². The average molecular weight is 174 g/mol. The summed E-state index contributed by atoms with van der Waals surface area (Å²) in [5.74, 6) is -0.811. The molecule has 0 aromatic rings. The van der Waals surface area contributed by atoms with Crippen molar-refractivity contribution in [2.45, 2.75) is 6.04 Å². The minimum Gasteiger partial charge on any atom is -0.480 e. The van der Waals surface area contributed by atoms with Crippen LogP contribution >= 0.6 is 24.0 Å². The molecule has 0 spiro atoms. The molecule has 0 radical (unpaired) electrons. The first kappa shape index (κ1) is 11.8. The van der Waals surface area contributed by atoms with E-state index in [9.17, 15) is 4.79 Å². The zero-order valence-corrected chi connectivity index (χ0v) is 6.50. The molecule has 0 aliphatic heterocycles. The van der Waals surface area contributed by atoms with Gasteiger partial charge in [0.25, 0.3) is 0 Å². The summed E-state index contributed by atoms with van der Waals surface area (Å²) in [6, 6.07) is -0.614. The SMILES string of the molecule is CNC(CCl)C(=O)O.Cl. The third-order valence-electron chi connectivity index (χ3n) is 0.801. The monoisotopic (exact) mass is 173 g/mol. The van der Waals surface area contributed by atoms with Gasteiger partial charge in [-0.15, -0.1) is 24.0 Å². The Morgan fingerprint density at radius 1 is 1.89 bits per heavy atom. The molecule has 56 valence electrons. The van der Waals surface area contributed by atoms with Crippen molar-refractivity contribution in [3.63, 3.8) is 0 Å². The van der Waals surface area contributed by atoms with Crippen molar-refractivity contribution in [1.29, 1.82) is 0 Å². The van der Waals surface area contributed by atoms with Crippen LogP contribution < -0.4 is 5.32 Å². The number of hydrogen-bond donors (Lipinski definition) is 2. The normalized spacial score (nSPS) is 11.8. The quantitative estimate of drug-likeness (QED) is 0.605. The van der Waals surface area contributed by atoms with Gasteiger partial charge in [-0.05, 0) is 7.05 Å². The molecule has 0 saturated heterocycles. The van der Waals surface area contributed by atoms with Gasteiger partial charge < -0.3 is 10.4 Å². The molecule has 0 saturated carbocycles. The van der Waals surface area contributed by atoms with Gasteiger partial charge >= 0.3 is 5.97 Å². The lowest BCUT2D eigenvalue weighted by atomic mass is 10.4. The molecular formula is C4H9Cl2NO2. The number of likely N-dealkylation sites (N-methyl/N-ethyl adjacent to an activating group) is 1. The van der Waals surface area contributed by atoms with E-state index in [-0.39, 0.29) is 18.3 Å². The summed E-state index contributed by atoms with van der Waals surface area (Å²) in [4.78, 5) is 10.0. The number of rotatable bonds is 3. The molecule has 0 amide bonds. The highest BCUT2D eigenvalue weighted by molar-refractivity contribution is 6.19. The second kappa shape index (κ2) is 6.13. The Hall–Kier alpha value is 0.01000. The Balaban J connectivity index is 0. The average Bonchev–Trinajstić information content (AvgIpc) is 1.69. The van der Waals surface area contributed by atoms with E-state index in [0.29, 0.717) is 0 Å². The fraction of sp³-hybridized carbons (Fsp3) is 0.750. The third-order valence-corrected chi connectivity index (χ3v) is 1.11. The molecule has 1 unspecified atom stereocenters. The van der Waals surface area contributed by atoms with E-state index in [1.54, 1.807) is 7.05 Å². The van der Waals surface area contributed by atoms with E-state index in [2.05, 4.69) is 5.32 Å². The maximum absolute atomic E-state index is 10.0. The molecule has 0 aliphatic rings. The number of nitrogens with one attached hydrogen (secondary N) is 1. The van der Waals surface area contributed by atoms with Crippen molar-refractivity contribution >= 4 is 30.0 Å². The van der Waals surface area contributed by atoms with Gasteiger partial charge in [-0.25, -0.2) is 0 Å². The van der Waals surface area contributed by atoms with Crippen LogP contribution in [0.4, 0.5) is 0 Å². The second-order valence-corrected chi connectivity index (χ2v) is 1.64. The first-order valence-electron chi connectivity index (χ1n) is 2.18. The maximum Gasteiger partial charge on any atom is 0.321 e. The summed E-state index contributed by atoms with van der Waals surface area (Å²) >= 11 is 5.22. The Bertz CT molecular complexity index is 84.6. The van der Waals surface area contributed by atoms with Gasteiger partial charge in [-0.3, -0.25) is 4.79 Å². The first-order valence-corrected chi connectivity index (χ1v) is 2.72. The Morgan fingerprint density at radius 2 is 2.33 bits per heavy atom. The predicted octanol–water partition coefficient (Wildman–Crippen LogP) is 0.320. The second-order valence-electron chi connectivity index (χ2n) is 1.33. The van der Waals surface area contributed by atoms with Gasteiger partial charge in [0.05, 0.1) is 0 Å². The number of carboxylic acid groups (broad SMARTS) is 1. The van der Waals surface area contributed by atoms with Gasteiger partial charge in [0.15, 0.2) is 0 Å². The van der Waals surface area contributed by atoms with Crippen LogP contribution in [-0.4, -0.2) is 30.0 Å². The smallest absolute Gasteiger partial charge is 0.321 e. The fourth-order valence-corrected chi connectivity index (χ4v) is 0.553. The van der Waals surface area contributed by atoms with E-state index in [4.69, 9.17) is 16.7 Å². The van der Waals surface area contributed by atoms with Crippen molar-refractivity contribution in [3.05, 3.63) is 0 Å². The number of alkyl halides is 1. The molecule has 0 aromatic carbocycles. The molecule has 0 aliphatic carbocycles. The number of hydrogen-bond acceptors (Lipinski definition) is 2. The number of halogens is 2. The van der Waals surface area contributed by atoms with E-state index in [0.717, 1.165) is 0 Å². The largest absolute Gasteiger partial charge is 0.480 e. The number of carbonyl (C=O) groups is 1. The summed E-state index contributed by atoms with van der Waals surface area (Å²) in [7, 11) is 1.56. The standard InChI is InChI=1S/C4H8ClNO2.ClH/c1-6-3(2-5)4(7)8;/h3,6H,2H2,1H3,(H,7,8);1H. The minimum atomic E-state index is -0.914. The Labute approximate surface area is 64.8 Å². The summed E-state index contributed by atoms with van der Waals surface area (Å²) in [6.45, 7) is 0. The van der Waals surface area contributed by atoms with Gasteiger partial charge in [0.2, 0.25) is 0 Å². The van der Waals surface area contributed by atoms with Crippen molar-refractivity contribution in [1.82, 2.24) is 5.32 Å². The Kier molecular flexibility index (Phi) is 8.02. The van der Waals surface area contributed by atoms with Gasteiger partial charge in [0, 0.05) is 5.88 Å². The van der Waals surface area contributed by atoms with Crippen LogP contribution in [0, 0.1) is 0 Å². The van der Waals surface area contributed by atoms with E-state index in [1.165, 1.54) is 0 Å². The highest BCUT2D eigenvalue weighted by atomic mass is 35.5. The first-order chi connectivity index (χ1) is 3.72. The molecule has 0 rings (SSSR count). The maximum atomic E-state index is 10.0. The minimum absolute atomic E-state index is 0. The van der Waals surface area contributed by atoms with Crippen LogP contribution in [0.15, 0.2) is 0 Å². The molecule has 0 bridgehead atoms. The molecule has 0 heterocycles. The zero-order chi connectivity index (χ0) is 6.57. The van der Waals surface area contributed by atoms with Gasteiger partial charge in [-0.2, -0.15) is 0 Å². The van der Waals surface area contributed by atoms with Crippen LogP contribution in [-0.2, 0) is 4.79 Å².